The van der Waals surface area contributed by atoms with Crippen LogP contribution in [-0.2, 0) is 22.7 Å². The maximum atomic E-state index is 13.3. The number of benzene rings is 3. The van der Waals surface area contributed by atoms with E-state index < -0.39 is 17.9 Å². The fraction of sp³-hybridized carbons (Fsp3) is 0.412. The van der Waals surface area contributed by atoms with Gasteiger partial charge in [0.2, 0.25) is 0 Å². The van der Waals surface area contributed by atoms with Gasteiger partial charge in [-0.3, -0.25) is 4.79 Å². The number of hydrogen-bond donors (Lipinski definition) is 2. The Hall–Kier alpha value is -2.69. The third-order valence-corrected chi connectivity index (χ3v) is 8.27. The maximum absolute atomic E-state index is 13.3. The summed E-state index contributed by atoms with van der Waals surface area (Å²) >= 11 is 1.55. The summed E-state index contributed by atoms with van der Waals surface area (Å²) in [7, 11) is 0. The molecule has 3 aromatic carbocycles. The summed E-state index contributed by atoms with van der Waals surface area (Å²) in [5.74, 6) is 0.758. The number of rotatable bonds is 14. The predicted molar refractivity (Wildman–Crippen MR) is 167 cm³/mol. The first-order valence-electron chi connectivity index (χ1n) is 14.5. The number of aliphatic carboxylic acids is 1. The molecule has 42 heavy (non-hydrogen) atoms. The largest absolute Gasteiger partial charge is 1.00 e. The van der Waals surface area contributed by atoms with E-state index in [9.17, 15) is 14.7 Å². The molecule has 1 amide bonds. The number of ether oxygens (including phenoxy) is 2. The van der Waals surface area contributed by atoms with Crippen molar-refractivity contribution in [1.82, 2.24) is 5.32 Å². The van der Waals surface area contributed by atoms with Crippen LogP contribution in [0, 0.1) is 12.8 Å². The average Bonchev–Trinajstić information content (AvgIpc) is 2.99. The van der Waals surface area contributed by atoms with E-state index in [-0.39, 0.29) is 20.3 Å². The number of carbonyl (C=O) groups excluding carboxylic acids is 1. The van der Waals surface area contributed by atoms with Crippen molar-refractivity contribution >= 4 is 23.6 Å². The van der Waals surface area contributed by atoms with Crippen LogP contribution in [0.1, 0.15) is 67.0 Å². The van der Waals surface area contributed by atoms with Gasteiger partial charge in [0, 0.05) is 5.56 Å². The van der Waals surface area contributed by atoms with Gasteiger partial charge in [-0.1, -0.05) is 61.7 Å². The molecule has 3 aromatic rings. The topological polar surface area (TPSA) is 84.9 Å². The second-order valence-corrected chi connectivity index (χ2v) is 11.8. The van der Waals surface area contributed by atoms with E-state index in [2.05, 4.69) is 5.32 Å². The smallest absolute Gasteiger partial charge is 1.00 e. The monoisotopic (exact) mass is 583 g/mol. The Morgan fingerprint density at radius 3 is 2.43 bits per heavy atom. The first kappa shape index (κ1) is 33.8. The van der Waals surface area contributed by atoms with Crippen molar-refractivity contribution in [3.05, 3.63) is 89.0 Å². The van der Waals surface area contributed by atoms with Gasteiger partial charge >= 0.3 is 24.8 Å². The molecule has 0 heterocycles. The Bertz CT molecular complexity index is 1320. The second-order valence-electron chi connectivity index (χ2n) is 10.8. The molecule has 1 saturated carbocycles. The van der Waals surface area contributed by atoms with Crippen molar-refractivity contribution in [2.24, 2.45) is 5.92 Å². The molecule has 0 spiro atoms. The summed E-state index contributed by atoms with van der Waals surface area (Å²) in [4.78, 5) is 25.1. The molecule has 0 bridgehead atoms. The van der Waals surface area contributed by atoms with Crippen molar-refractivity contribution in [1.29, 1.82) is 0 Å². The molecular formula is C34H42LiNO5S. The summed E-state index contributed by atoms with van der Waals surface area (Å²) in [6, 6.07) is 20.6. The van der Waals surface area contributed by atoms with Crippen LogP contribution in [0.3, 0.4) is 0 Å². The van der Waals surface area contributed by atoms with Gasteiger partial charge in [-0.25, -0.2) is 4.79 Å². The van der Waals surface area contributed by atoms with Gasteiger partial charge in [0.15, 0.2) is 0 Å². The number of carboxylic acid groups (broad SMARTS) is 1. The molecule has 0 radical (unpaired) electrons. The van der Waals surface area contributed by atoms with Crippen LogP contribution in [0.4, 0.5) is 0 Å². The van der Waals surface area contributed by atoms with Gasteiger partial charge in [-0.15, -0.1) is 0 Å². The Morgan fingerprint density at radius 2 is 1.71 bits per heavy atom. The van der Waals surface area contributed by atoms with E-state index >= 15 is 0 Å². The van der Waals surface area contributed by atoms with Gasteiger partial charge < -0.3 is 21.3 Å². The molecule has 2 N–H and O–H groups in total. The molecule has 0 aliphatic heterocycles. The fourth-order valence-corrected chi connectivity index (χ4v) is 5.76. The third kappa shape index (κ3) is 9.95. The van der Waals surface area contributed by atoms with E-state index in [0.717, 1.165) is 40.2 Å². The number of aryl methyl sites for hydroxylation is 1. The number of hydrogen-bond acceptors (Lipinski definition) is 5. The number of carbonyl (C=O) groups is 2. The number of thioether (sulfide) groups is 1. The Morgan fingerprint density at radius 1 is 0.976 bits per heavy atom. The fourth-order valence-electron chi connectivity index (χ4n) is 5.29. The molecular weight excluding hydrogens is 541 g/mol. The minimum Gasteiger partial charge on any atom is -1.00 e. The summed E-state index contributed by atoms with van der Waals surface area (Å²) in [6.07, 6.45) is 8.74. The molecule has 1 atom stereocenters. The van der Waals surface area contributed by atoms with E-state index in [1.165, 1.54) is 32.1 Å². The Kier molecular flexibility index (Phi) is 14.0. The first-order valence-corrected chi connectivity index (χ1v) is 15.8. The van der Waals surface area contributed by atoms with E-state index in [0.29, 0.717) is 36.9 Å². The molecule has 220 valence electrons. The molecule has 0 aromatic heterocycles. The summed E-state index contributed by atoms with van der Waals surface area (Å²) < 4.78 is 12.2. The SMILES string of the molecule is CSCC[C@H](NC(=O)c1ccc(COCc2cccc(OCC3CCCCC3)c2)cc1-c1ccccc1C)C(=O)O.[H-].[Li+]. The first-order chi connectivity index (χ1) is 19.9. The zero-order valence-corrected chi connectivity index (χ0v) is 25.9. The summed E-state index contributed by atoms with van der Waals surface area (Å²) in [5.41, 5.74) is 5.14. The molecule has 6 nitrogen and oxygen atoms in total. The van der Waals surface area contributed by atoms with E-state index in [1.807, 2.05) is 73.8 Å². The molecule has 1 aliphatic carbocycles. The van der Waals surface area contributed by atoms with Crippen LogP contribution in [0.2, 0.25) is 0 Å². The van der Waals surface area contributed by atoms with Gasteiger partial charge in [0.25, 0.3) is 5.91 Å². The molecule has 0 unspecified atom stereocenters. The maximum Gasteiger partial charge on any atom is 1.00 e. The summed E-state index contributed by atoms with van der Waals surface area (Å²) in [6.45, 7) is 3.59. The van der Waals surface area contributed by atoms with Crippen LogP contribution in [0.5, 0.6) is 5.75 Å². The third-order valence-electron chi connectivity index (χ3n) is 7.62. The average molecular weight is 584 g/mol. The summed E-state index contributed by atoms with van der Waals surface area (Å²) in [5, 5.41) is 12.3. The standard InChI is InChI=1S/C34H41NO5S.Li.H/c1-24-9-6-7-14-29(24)31-20-27(15-16-30(31)33(36)35-32(34(37)38)17-18-41-2)22-39-21-26-12-8-13-28(19-26)40-23-25-10-4-3-5-11-25;;/h6-9,12-16,19-20,25,32H,3-5,10-11,17-18,21-23H2,1-2H3,(H,35,36)(H,37,38);;/q;+1;-1/t32-;;/m0../s1. The number of carboxylic acids is 1. The van der Waals surface area contributed by atoms with Crippen molar-refractivity contribution in [3.8, 4) is 16.9 Å². The molecule has 1 fully saturated rings. The van der Waals surface area contributed by atoms with Crippen LogP contribution >= 0.6 is 11.8 Å². The Balaban J connectivity index is 0.00000323. The molecule has 0 saturated heterocycles. The zero-order chi connectivity index (χ0) is 29.0. The molecule has 1 aliphatic rings. The van der Waals surface area contributed by atoms with Crippen LogP contribution in [0.25, 0.3) is 11.1 Å². The van der Waals surface area contributed by atoms with Crippen molar-refractivity contribution in [2.75, 3.05) is 18.6 Å². The minimum atomic E-state index is -1.03. The molecule has 8 heteroatoms. The van der Waals surface area contributed by atoms with E-state index in [1.54, 1.807) is 17.8 Å². The second kappa shape index (κ2) is 17.4. The normalized spacial score (nSPS) is 14.0. The van der Waals surface area contributed by atoms with Gasteiger partial charge in [0.05, 0.1) is 19.8 Å². The van der Waals surface area contributed by atoms with Crippen molar-refractivity contribution in [2.45, 2.75) is 64.7 Å². The van der Waals surface area contributed by atoms with Crippen molar-refractivity contribution < 1.29 is 44.5 Å². The quantitative estimate of drug-likeness (QED) is 0.274. The van der Waals surface area contributed by atoms with Crippen LogP contribution in [-0.4, -0.2) is 41.6 Å². The van der Waals surface area contributed by atoms with Gasteiger partial charge in [-0.2, -0.15) is 11.8 Å². The predicted octanol–water partition coefficient (Wildman–Crippen LogP) is 4.39. The van der Waals surface area contributed by atoms with Gasteiger partial charge in [-0.05, 0) is 96.2 Å². The zero-order valence-electron chi connectivity index (χ0n) is 26.1. The van der Waals surface area contributed by atoms with Gasteiger partial charge in [0.1, 0.15) is 11.8 Å². The Labute approximate surface area is 267 Å². The number of nitrogens with one attached hydrogen (secondary N) is 1. The van der Waals surface area contributed by atoms with Crippen LogP contribution < -0.4 is 28.9 Å². The molecule has 4 rings (SSSR count). The van der Waals surface area contributed by atoms with E-state index in [4.69, 9.17) is 9.47 Å². The number of amides is 1. The van der Waals surface area contributed by atoms with Crippen molar-refractivity contribution in [3.63, 3.8) is 0 Å². The van der Waals surface area contributed by atoms with Crippen LogP contribution in [0.15, 0.2) is 66.7 Å². The minimum absolute atomic E-state index is 0.